The van der Waals surface area contributed by atoms with Crippen molar-refractivity contribution in [1.82, 2.24) is 0 Å². The first-order valence-corrected chi connectivity index (χ1v) is 3.01. The average Bonchev–Trinajstić information content (AvgIpc) is 1.61. The molecule has 0 aromatic rings. The minimum atomic E-state index is 1.16. The van der Waals surface area contributed by atoms with E-state index in [9.17, 15) is 0 Å². The maximum Gasteiger partial charge on any atom is -0.00805 e. The number of rotatable bonds is 1. The Kier molecular flexibility index (Phi) is 4.10. The molecule has 1 heteroatoms. The van der Waals surface area contributed by atoms with Crippen molar-refractivity contribution in [3.63, 3.8) is 0 Å². The molecule has 0 aliphatic rings. The minimum absolute atomic E-state index is 1.16. The average molecular weight is 161 g/mol. The summed E-state index contributed by atoms with van der Waals surface area (Å²) in [5.41, 5.74) is 0. The lowest BCUT2D eigenvalue weighted by molar-refractivity contribution is 1.66. The van der Waals surface area contributed by atoms with Crippen LogP contribution in [0.25, 0.3) is 0 Å². The van der Waals surface area contributed by atoms with E-state index in [1.54, 1.807) is 0 Å². The molecule has 0 aromatic heterocycles. The molecule has 0 aliphatic carbocycles. The molecule has 0 radical (unpaired) electrons. The van der Waals surface area contributed by atoms with Gasteiger partial charge in [0.2, 0.25) is 0 Å². The molecular weight excluding hydrogens is 152 g/mol. The molecular formula is C6H9Br. The maximum absolute atomic E-state index is 3.29. The fourth-order valence-electron chi connectivity index (χ4n) is 0.229. The summed E-state index contributed by atoms with van der Waals surface area (Å²) in [6, 6.07) is 0. The van der Waals surface area contributed by atoms with E-state index < -0.39 is 0 Å². The Labute approximate surface area is 53.1 Å². The van der Waals surface area contributed by atoms with Gasteiger partial charge in [-0.1, -0.05) is 34.2 Å². The van der Waals surface area contributed by atoms with Crippen LogP contribution in [0.2, 0.25) is 0 Å². The predicted molar refractivity (Wildman–Crippen MR) is 37.5 cm³/mol. The minimum Gasteiger partial charge on any atom is -0.0876 e. The van der Waals surface area contributed by atoms with E-state index in [1.165, 1.54) is 0 Å². The standard InChI is InChI=1S/C6H9Br/c1-3-4-5-6(2)7/h3-5H,1-2H3/b4-3-,6-5+. The Bertz CT molecular complexity index is 86.4. The predicted octanol–water partition coefficient (Wildman–Crippen LogP) is 2.86. The fourth-order valence-corrected chi connectivity index (χ4v) is 0.381. The Morgan fingerprint density at radius 1 is 1.57 bits per heavy atom. The lowest BCUT2D eigenvalue weighted by atomic mass is 10.5. The van der Waals surface area contributed by atoms with Gasteiger partial charge in [0.05, 0.1) is 0 Å². The molecule has 0 amide bonds. The highest BCUT2D eigenvalue weighted by Crippen LogP contribution is 2.00. The van der Waals surface area contributed by atoms with Crippen molar-refractivity contribution >= 4 is 15.9 Å². The van der Waals surface area contributed by atoms with Crippen molar-refractivity contribution in [2.75, 3.05) is 0 Å². The lowest BCUT2D eigenvalue weighted by Crippen LogP contribution is -1.50. The van der Waals surface area contributed by atoms with Gasteiger partial charge in [0.25, 0.3) is 0 Å². The Morgan fingerprint density at radius 2 is 2.14 bits per heavy atom. The van der Waals surface area contributed by atoms with Gasteiger partial charge in [0.15, 0.2) is 0 Å². The third kappa shape index (κ3) is 5.96. The van der Waals surface area contributed by atoms with E-state index >= 15 is 0 Å². The van der Waals surface area contributed by atoms with Crippen LogP contribution in [0.3, 0.4) is 0 Å². The summed E-state index contributed by atoms with van der Waals surface area (Å²) in [6.45, 7) is 3.99. The summed E-state index contributed by atoms with van der Waals surface area (Å²) < 4.78 is 1.16. The van der Waals surface area contributed by atoms with Crippen LogP contribution in [0.1, 0.15) is 13.8 Å². The summed E-state index contributed by atoms with van der Waals surface area (Å²) in [5.74, 6) is 0. The topological polar surface area (TPSA) is 0 Å². The third-order valence-electron chi connectivity index (χ3n) is 0.518. The van der Waals surface area contributed by atoms with Gasteiger partial charge in [-0.15, -0.1) is 0 Å². The van der Waals surface area contributed by atoms with Crippen molar-refractivity contribution in [2.24, 2.45) is 0 Å². The Balaban J connectivity index is 3.46. The number of hydrogen-bond donors (Lipinski definition) is 0. The van der Waals surface area contributed by atoms with Gasteiger partial charge in [-0.3, -0.25) is 0 Å². The van der Waals surface area contributed by atoms with E-state index in [0.29, 0.717) is 0 Å². The van der Waals surface area contributed by atoms with Gasteiger partial charge < -0.3 is 0 Å². The van der Waals surface area contributed by atoms with E-state index in [4.69, 9.17) is 0 Å². The van der Waals surface area contributed by atoms with Crippen LogP contribution in [0.15, 0.2) is 22.7 Å². The fraction of sp³-hybridized carbons (Fsp3) is 0.333. The van der Waals surface area contributed by atoms with Gasteiger partial charge in [0, 0.05) is 0 Å². The molecule has 0 heterocycles. The largest absolute Gasteiger partial charge is 0.0876 e. The summed E-state index contributed by atoms with van der Waals surface area (Å²) in [4.78, 5) is 0. The van der Waals surface area contributed by atoms with Crippen LogP contribution in [0.4, 0.5) is 0 Å². The molecule has 40 valence electrons. The zero-order chi connectivity index (χ0) is 5.70. The zero-order valence-corrected chi connectivity index (χ0v) is 6.20. The van der Waals surface area contributed by atoms with E-state index in [1.807, 2.05) is 32.1 Å². The highest BCUT2D eigenvalue weighted by Gasteiger charge is 1.68. The van der Waals surface area contributed by atoms with Crippen molar-refractivity contribution in [1.29, 1.82) is 0 Å². The van der Waals surface area contributed by atoms with Crippen molar-refractivity contribution in [3.8, 4) is 0 Å². The lowest BCUT2D eigenvalue weighted by Gasteiger charge is -1.75. The second-order valence-electron chi connectivity index (χ2n) is 1.28. The molecule has 0 saturated carbocycles. The van der Waals surface area contributed by atoms with Gasteiger partial charge in [-0.25, -0.2) is 0 Å². The Morgan fingerprint density at radius 3 is 2.29 bits per heavy atom. The zero-order valence-electron chi connectivity index (χ0n) is 4.61. The second-order valence-corrected chi connectivity index (χ2v) is 2.53. The highest BCUT2D eigenvalue weighted by molar-refractivity contribution is 9.11. The molecule has 0 rings (SSSR count). The number of hydrogen-bond acceptors (Lipinski definition) is 0. The summed E-state index contributed by atoms with van der Waals surface area (Å²) in [7, 11) is 0. The highest BCUT2D eigenvalue weighted by atomic mass is 79.9. The van der Waals surface area contributed by atoms with Crippen molar-refractivity contribution in [3.05, 3.63) is 22.7 Å². The van der Waals surface area contributed by atoms with Crippen LogP contribution >= 0.6 is 15.9 Å². The van der Waals surface area contributed by atoms with Crippen molar-refractivity contribution in [2.45, 2.75) is 13.8 Å². The molecule has 0 N–H and O–H groups in total. The molecule has 0 aromatic carbocycles. The Hall–Kier alpha value is -0.0400. The monoisotopic (exact) mass is 160 g/mol. The first kappa shape index (κ1) is 6.96. The van der Waals surface area contributed by atoms with Crippen LogP contribution in [0.5, 0.6) is 0 Å². The molecule has 0 unspecified atom stereocenters. The molecule has 0 saturated heterocycles. The summed E-state index contributed by atoms with van der Waals surface area (Å²) in [5, 5.41) is 0. The van der Waals surface area contributed by atoms with Gasteiger partial charge >= 0.3 is 0 Å². The second kappa shape index (κ2) is 4.13. The first-order valence-electron chi connectivity index (χ1n) is 2.22. The van der Waals surface area contributed by atoms with Crippen LogP contribution in [-0.2, 0) is 0 Å². The van der Waals surface area contributed by atoms with Gasteiger partial charge in [-0.2, -0.15) is 0 Å². The van der Waals surface area contributed by atoms with Gasteiger partial charge in [-0.05, 0) is 18.3 Å². The molecule has 0 aliphatic heterocycles. The van der Waals surface area contributed by atoms with Crippen LogP contribution < -0.4 is 0 Å². The third-order valence-corrected chi connectivity index (χ3v) is 0.783. The SMILES string of the molecule is C/C=C\C=C(/C)Br. The number of allylic oxidation sites excluding steroid dienone is 4. The van der Waals surface area contributed by atoms with Gasteiger partial charge in [0.1, 0.15) is 0 Å². The quantitative estimate of drug-likeness (QED) is 0.518. The summed E-state index contributed by atoms with van der Waals surface area (Å²) in [6.07, 6.45) is 5.98. The molecule has 7 heavy (non-hydrogen) atoms. The molecule has 0 bridgehead atoms. The van der Waals surface area contributed by atoms with E-state index in [-0.39, 0.29) is 0 Å². The van der Waals surface area contributed by atoms with E-state index in [0.717, 1.165) is 4.48 Å². The first-order chi connectivity index (χ1) is 3.27. The number of halogens is 1. The van der Waals surface area contributed by atoms with Crippen LogP contribution in [0, 0.1) is 0 Å². The molecule has 0 spiro atoms. The normalized spacial score (nSPS) is 13.3. The molecule has 0 fully saturated rings. The van der Waals surface area contributed by atoms with E-state index in [2.05, 4.69) is 15.9 Å². The molecule has 0 atom stereocenters. The summed E-state index contributed by atoms with van der Waals surface area (Å²) >= 11 is 3.29. The maximum atomic E-state index is 3.29. The van der Waals surface area contributed by atoms with Crippen molar-refractivity contribution < 1.29 is 0 Å². The molecule has 0 nitrogen and oxygen atoms in total. The smallest absolute Gasteiger partial charge is 0.00805 e. The van der Waals surface area contributed by atoms with Crippen LogP contribution in [-0.4, -0.2) is 0 Å².